The normalized spacial score (nSPS) is 24.9. The third kappa shape index (κ3) is 6.47. The fourth-order valence-electron chi connectivity index (χ4n) is 6.84. The van der Waals surface area contributed by atoms with Crippen molar-refractivity contribution in [3.05, 3.63) is 59.2 Å². The minimum atomic E-state index is -0.950. The molecule has 2 atom stereocenters. The predicted octanol–water partition coefficient (Wildman–Crippen LogP) is 3.91. The number of halogens is 1. The summed E-state index contributed by atoms with van der Waals surface area (Å²) >= 11 is 0. The van der Waals surface area contributed by atoms with Crippen molar-refractivity contribution in [3.8, 4) is 0 Å². The number of fused-ring (bicyclic) bond motifs is 1. The maximum absolute atomic E-state index is 14.3. The molecule has 2 N–H and O–H groups in total. The first-order chi connectivity index (χ1) is 20.6. The van der Waals surface area contributed by atoms with Crippen molar-refractivity contribution in [2.24, 2.45) is 5.41 Å². The zero-order valence-corrected chi connectivity index (χ0v) is 26.9. The van der Waals surface area contributed by atoms with Crippen molar-refractivity contribution in [3.63, 3.8) is 0 Å². The molecular weight excluding hydrogens is 563 g/mol. The zero-order valence-electron chi connectivity index (χ0n) is 26.9. The SMILES string of the molecule is CC1(C)CN(C(=O)CN2C[C@@](C)(C(C)(C)C)N(C(=O)O)C[C@@H]2CN2CCN(O)CC2)c2cc(Cc3ccc(F)cc3)cnc21. The topological polar surface area (TPSA) is 104 Å². The smallest absolute Gasteiger partial charge is 0.407 e. The van der Waals surface area contributed by atoms with E-state index in [-0.39, 0.29) is 35.1 Å². The number of anilines is 1. The Morgan fingerprint density at radius 2 is 1.68 bits per heavy atom. The van der Waals surface area contributed by atoms with Gasteiger partial charge in [-0.3, -0.25) is 24.5 Å². The molecule has 1 aromatic carbocycles. The van der Waals surface area contributed by atoms with Crippen LogP contribution in [-0.2, 0) is 16.6 Å². The van der Waals surface area contributed by atoms with Gasteiger partial charge in [-0.2, -0.15) is 5.06 Å². The molecule has 3 aliphatic rings. The molecule has 0 aliphatic carbocycles. The highest BCUT2D eigenvalue weighted by Gasteiger charge is 2.52. The second-order valence-electron chi connectivity index (χ2n) is 14.6. The van der Waals surface area contributed by atoms with Crippen LogP contribution < -0.4 is 4.90 Å². The second-order valence-corrected chi connectivity index (χ2v) is 14.6. The second kappa shape index (κ2) is 12.0. The quantitative estimate of drug-likeness (QED) is 0.508. The molecule has 3 aliphatic heterocycles. The first-order valence-corrected chi connectivity index (χ1v) is 15.5. The molecule has 2 amide bonds. The van der Waals surface area contributed by atoms with Gasteiger partial charge in [-0.25, -0.2) is 9.18 Å². The van der Waals surface area contributed by atoms with Crippen molar-refractivity contribution in [2.75, 3.05) is 63.8 Å². The van der Waals surface area contributed by atoms with E-state index in [1.165, 1.54) is 17.2 Å². The standard InChI is InChI=1S/C33H47FN6O4/c1-31(2,3)33(6)22-37(26(19-40(33)30(42)43)18-36-11-13-38(44)14-12-36)20-28(41)39-21-32(4,5)29-27(39)16-24(17-35-29)15-23-7-9-25(34)10-8-23/h7-10,16-17,26,44H,11-15,18-22H2,1-6H3,(H,42,43)/t26-,33-/m0/s1. The highest BCUT2D eigenvalue weighted by molar-refractivity contribution is 5.97. The lowest BCUT2D eigenvalue weighted by molar-refractivity contribution is -0.129. The van der Waals surface area contributed by atoms with Crippen LogP contribution in [0.5, 0.6) is 0 Å². The van der Waals surface area contributed by atoms with Gasteiger partial charge in [0.15, 0.2) is 0 Å². The number of hydrogen-bond acceptors (Lipinski definition) is 7. The maximum Gasteiger partial charge on any atom is 0.407 e. The molecule has 0 radical (unpaired) electrons. The van der Waals surface area contributed by atoms with Crippen molar-refractivity contribution >= 4 is 17.7 Å². The minimum absolute atomic E-state index is 0.0391. The summed E-state index contributed by atoms with van der Waals surface area (Å²) in [4.78, 5) is 39.5. The Morgan fingerprint density at radius 1 is 1.02 bits per heavy atom. The molecule has 0 bridgehead atoms. The van der Waals surface area contributed by atoms with Gasteiger partial charge in [0, 0.05) is 70.0 Å². The molecule has 4 heterocycles. The van der Waals surface area contributed by atoms with E-state index >= 15 is 0 Å². The lowest BCUT2D eigenvalue weighted by Gasteiger charge is -2.57. The Morgan fingerprint density at radius 3 is 2.30 bits per heavy atom. The van der Waals surface area contributed by atoms with E-state index in [9.17, 15) is 24.3 Å². The number of hydrogen-bond donors (Lipinski definition) is 2. The fraction of sp³-hybridized carbons (Fsp3) is 0.606. The highest BCUT2D eigenvalue weighted by Crippen LogP contribution is 2.42. The van der Waals surface area contributed by atoms with Gasteiger partial charge in [-0.1, -0.05) is 46.8 Å². The number of benzene rings is 1. The number of carbonyl (C=O) groups is 2. The lowest BCUT2D eigenvalue weighted by Crippen LogP contribution is -2.72. The summed E-state index contributed by atoms with van der Waals surface area (Å²) in [5, 5.41) is 21.5. The van der Waals surface area contributed by atoms with Crippen molar-refractivity contribution in [1.82, 2.24) is 24.7 Å². The van der Waals surface area contributed by atoms with Crippen LogP contribution in [0.2, 0.25) is 0 Å². The molecule has 0 unspecified atom stereocenters. The van der Waals surface area contributed by atoms with Crippen molar-refractivity contribution in [1.29, 1.82) is 0 Å². The molecule has 5 rings (SSSR count). The van der Waals surface area contributed by atoms with Crippen LogP contribution in [0.25, 0.3) is 0 Å². The summed E-state index contributed by atoms with van der Waals surface area (Å²) < 4.78 is 13.5. The number of piperazine rings is 2. The minimum Gasteiger partial charge on any atom is -0.465 e. The summed E-state index contributed by atoms with van der Waals surface area (Å²) in [5.41, 5.74) is 2.17. The molecule has 10 nitrogen and oxygen atoms in total. The predicted molar refractivity (Wildman–Crippen MR) is 167 cm³/mol. The number of nitrogens with zero attached hydrogens (tertiary/aromatic N) is 6. The van der Waals surface area contributed by atoms with Crippen molar-refractivity contribution in [2.45, 2.75) is 65.0 Å². The third-order valence-corrected chi connectivity index (χ3v) is 10.1. The Hall–Kier alpha value is -3.12. The Labute approximate surface area is 260 Å². The number of amides is 2. The monoisotopic (exact) mass is 610 g/mol. The number of carboxylic acid groups (broad SMARTS) is 1. The number of hydroxylamine groups is 2. The number of aromatic nitrogens is 1. The van der Waals surface area contributed by atoms with Crippen LogP contribution in [0, 0.1) is 11.2 Å². The van der Waals surface area contributed by atoms with Gasteiger partial charge in [0.05, 0.1) is 23.5 Å². The van der Waals surface area contributed by atoms with Crippen LogP contribution in [0.4, 0.5) is 14.9 Å². The molecule has 11 heteroatoms. The van der Waals surface area contributed by atoms with Gasteiger partial charge in [0.1, 0.15) is 5.82 Å². The van der Waals surface area contributed by atoms with Crippen LogP contribution in [0.3, 0.4) is 0 Å². The Balaban J connectivity index is 1.42. The average molecular weight is 611 g/mol. The Kier molecular flexibility index (Phi) is 8.80. The summed E-state index contributed by atoms with van der Waals surface area (Å²) in [5.74, 6) is -0.317. The summed E-state index contributed by atoms with van der Waals surface area (Å²) in [6.07, 6.45) is 1.47. The van der Waals surface area contributed by atoms with E-state index in [0.717, 1.165) is 22.5 Å². The summed E-state index contributed by atoms with van der Waals surface area (Å²) in [6, 6.07) is 8.27. The fourth-order valence-corrected chi connectivity index (χ4v) is 6.84. The van der Waals surface area contributed by atoms with E-state index in [2.05, 4.69) is 44.4 Å². The first kappa shape index (κ1) is 32.3. The summed E-state index contributed by atoms with van der Waals surface area (Å²) in [6.45, 7) is 16.7. The van der Waals surface area contributed by atoms with E-state index in [4.69, 9.17) is 4.98 Å². The van der Waals surface area contributed by atoms with E-state index < -0.39 is 11.6 Å². The molecule has 44 heavy (non-hydrogen) atoms. The van der Waals surface area contributed by atoms with E-state index in [1.807, 2.05) is 24.1 Å². The van der Waals surface area contributed by atoms with Gasteiger partial charge in [-0.15, -0.1) is 0 Å². The molecule has 240 valence electrons. The molecule has 2 fully saturated rings. The molecule has 0 spiro atoms. The zero-order chi connectivity index (χ0) is 32.0. The van der Waals surface area contributed by atoms with E-state index in [1.54, 1.807) is 17.0 Å². The molecule has 0 saturated carbocycles. The lowest BCUT2D eigenvalue weighted by atomic mass is 9.71. The van der Waals surface area contributed by atoms with Crippen LogP contribution in [0.15, 0.2) is 36.5 Å². The number of rotatable bonds is 6. The summed E-state index contributed by atoms with van der Waals surface area (Å²) in [7, 11) is 0. The molecule has 2 aromatic rings. The van der Waals surface area contributed by atoms with Gasteiger partial charge in [0.2, 0.25) is 5.91 Å². The molecular formula is C33H47FN6O4. The van der Waals surface area contributed by atoms with E-state index in [0.29, 0.717) is 58.8 Å². The van der Waals surface area contributed by atoms with Gasteiger partial charge in [0.25, 0.3) is 0 Å². The third-order valence-electron chi connectivity index (χ3n) is 10.1. The maximum atomic E-state index is 14.3. The number of pyridine rings is 1. The van der Waals surface area contributed by atoms with Crippen LogP contribution in [0.1, 0.15) is 58.4 Å². The van der Waals surface area contributed by atoms with Crippen LogP contribution in [-0.4, -0.2) is 118 Å². The largest absolute Gasteiger partial charge is 0.465 e. The first-order valence-electron chi connectivity index (χ1n) is 15.5. The molecule has 2 saturated heterocycles. The highest BCUT2D eigenvalue weighted by atomic mass is 19.1. The van der Waals surface area contributed by atoms with Gasteiger partial charge >= 0.3 is 6.09 Å². The molecule has 1 aromatic heterocycles. The van der Waals surface area contributed by atoms with Crippen molar-refractivity contribution < 1.29 is 24.3 Å². The average Bonchev–Trinajstić information content (AvgIpc) is 3.21. The van der Waals surface area contributed by atoms with Crippen LogP contribution >= 0.6 is 0 Å². The van der Waals surface area contributed by atoms with Gasteiger partial charge < -0.3 is 15.2 Å². The number of carbonyl (C=O) groups excluding carboxylic acids is 1. The van der Waals surface area contributed by atoms with Gasteiger partial charge in [-0.05, 0) is 48.1 Å². The Bertz CT molecular complexity index is 1370.